The highest BCUT2D eigenvalue weighted by Crippen LogP contribution is 2.33. The predicted molar refractivity (Wildman–Crippen MR) is 81.3 cm³/mol. The standard InChI is InChI=1S/C19H16N/c1-14-11-16(15-7-3-2-4-8-15)12-17-18(14)13-20-10-6-5-9-19(17)20/h2-12H,13H2,1H3/q+1. The van der Waals surface area contributed by atoms with Crippen LogP contribution in [0.15, 0.2) is 66.9 Å². The third-order valence-corrected chi connectivity index (χ3v) is 4.13. The lowest BCUT2D eigenvalue weighted by Gasteiger charge is -2.06. The maximum absolute atomic E-state index is 2.33. The van der Waals surface area contributed by atoms with Crippen LogP contribution in [-0.2, 0) is 6.54 Å². The Bertz CT molecular complexity index is 788. The van der Waals surface area contributed by atoms with Crippen molar-refractivity contribution in [1.29, 1.82) is 0 Å². The largest absolute Gasteiger partial charge is 0.213 e. The number of rotatable bonds is 1. The van der Waals surface area contributed by atoms with E-state index in [9.17, 15) is 0 Å². The van der Waals surface area contributed by atoms with E-state index in [0.717, 1.165) is 6.54 Å². The second-order valence-corrected chi connectivity index (χ2v) is 5.40. The van der Waals surface area contributed by atoms with Crippen molar-refractivity contribution < 1.29 is 4.57 Å². The molecule has 2 aromatic carbocycles. The van der Waals surface area contributed by atoms with Gasteiger partial charge in [0, 0.05) is 17.7 Å². The minimum absolute atomic E-state index is 0.992. The van der Waals surface area contributed by atoms with Crippen LogP contribution in [0.1, 0.15) is 11.1 Å². The van der Waals surface area contributed by atoms with Crippen LogP contribution >= 0.6 is 0 Å². The second-order valence-electron chi connectivity index (χ2n) is 5.40. The lowest BCUT2D eigenvalue weighted by Crippen LogP contribution is -2.31. The summed E-state index contributed by atoms with van der Waals surface area (Å²) in [5.41, 5.74) is 8.13. The highest BCUT2D eigenvalue weighted by atomic mass is 15.0. The van der Waals surface area contributed by atoms with E-state index in [1.165, 1.54) is 33.5 Å². The summed E-state index contributed by atoms with van der Waals surface area (Å²) in [7, 11) is 0. The zero-order valence-corrected chi connectivity index (χ0v) is 11.5. The molecule has 0 aliphatic carbocycles. The Labute approximate surface area is 119 Å². The van der Waals surface area contributed by atoms with Crippen LogP contribution in [-0.4, -0.2) is 0 Å². The van der Waals surface area contributed by atoms with Crippen LogP contribution in [0.3, 0.4) is 0 Å². The molecule has 1 aliphatic rings. The molecule has 0 bridgehead atoms. The number of hydrogen-bond donors (Lipinski definition) is 0. The molecule has 2 heterocycles. The number of aryl methyl sites for hydroxylation is 1. The molecule has 1 nitrogen and oxygen atoms in total. The lowest BCUT2D eigenvalue weighted by atomic mass is 9.95. The SMILES string of the molecule is Cc1cc(-c2ccccc2)cc2c1C[n+]1ccccc1-2. The van der Waals surface area contributed by atoms with Gasteiger partial charge in [-0.1, -0.05) is 36.4 Å². The maximum atomic E-state index is 2.33. The zero-order valence-electron chi connectivity index (χ0n) is 11.5. The third-order valence-electron chi connectivity index (χ3n) is 4.13. The molecule has 0 saturated carbocycles. The summed E-state index contributed by atoms with van der Waals surface area (Å²) >= 11 is 0. The van der Waals surface area contributed by atoms with Crippen LogP contribution in [0.5, 0.6) is 0 Å². The molecule has 3 aromatic rings. The molecular weight excluding hydrogens is 242 g/mol. The van der Waals surface area contributed by atoms with E-state index in [0.29, 0.717) is 0 Å². The summed E-state index contributed by atoms with van der Waals surface area (Å²) < 4.78 is 2.33. The summed E-state index contributed by atoms with van der Waals surface area (Å²) in [5, 5.41) is 0. The van der Waals surface area contributed by atoms with Crippen molar-refractivity contribution in [2.75, 3.05) is 0 Å². The van der Waals surface area contributed by atoms with Crippen molar-refractivity contribution >= 4 is 0 Å². The Balaban J connectivity index is 1.94. The topological polar surface area (TPSA) is 3.88 Å². The molecule has 0 unspecified atom stereocenters. The minimum atomic E-state index is 0.992. The molecule has 0 amide bonds. The molecule has 0 N–H and O–H groups in total. The van der Waals surface area contributed by atoms with Crippen LogP contribution in [0.2, 0.25) is 0 Å². The molecule has 0 radical (unpaired) electrons. The predicted octanol–water partition coefficient (Wildman–Crippen LogP) is 3.98. The van der Waals surface area contributed by atoms with E-state index in [1.54, 1.807) is 0 Å². The molecule has 0 fully saturated rings. The second kappa shape index (κ2) is 4.31. The van der Waals surface area contributed by atoms with Gasteiger partial charge >= 0.3 is 0 Å². The first-order valence-electron chi connectivity index (χ1n) is 7.01. The number of aromatic nitrogens is 1. The van der Waals surface area contributed by atoms with E-state index in [1.807, 2.05) is 0 Å². The van der Waals surface area contributed by atoms with Gasteiger partial charge in [0.25, 0.3) is 0 Å². The molecule has 1 aliphatic heterocycles. The number of pyridine rings is 1. The molecular formula is C19H16N+. The van der Waals surface area contributed by atoms with E-state index < -0.39 is 0 Å². The highest BCUT2D eigenvalue weighted by Gasteiger charge is 2.27. The van der Waals surface area contributed by atoms with Gasteiger partial charge in [0.2, 0.25) is 5.69 Å². The number of benzene rings is 2. The molecule has 0 saturated heterocycles. The third kappa shape index (κ3) is 1.67. The summed E-state index contributed by atoms with van der Waals surface area (Å²) in [5.74, 6) is 0. The van der Waals surface area contributed by atoms with Crippen molar-refractivity contribution in [3.63, 3.8) is 0 Å². The highest BCUT2D eigenvalue weighted by molar-refractivity contribution is 5.75. The van der Waals surface area contributed by atoms with E-state index in [2.05, 4.69) is 78.4 Å². The average Bonchev–Trinajstić information content (AvgIpc) is 2.88. The molecule has 96 valence electrons. The molecule has 0 atom stereocenters. The van der Waals surface area contributed by atoms with Crippen LogP contribution < -0.4 is 4.57 Å². The maximum Gasteiger partial charge on any atom is 0.213 e. The van der Waals surface area contributed by atoms with Gasteiger partial charge in [0.05, 0.1) is 5.56 Å². The van der Waals surface area contributed by atoms with E-state index in [4.69, 9.17) is 0 Å². The van der Waals surface area contributed by atoms with Crippen molar-refractivity contribution in [2.24, 2.45) is 0 Å². The fourth-order valence-electron chi connectivity index (χ4n) is 3.08. The van der Waals surface area contributed by atoms with Gasteiger partial charge in [0.15, 0.2) is 12.7 Å². The first-order chi connectivity index (χ1) is 9.83. The summed E-state index contributed by atoms with van der Waals surface area (Å²) in [6.45, 7) is 3.21. The molecule has 0 spiro atoms. The number of hydrogen-bond acceptors (Lipinski definition) is 0. The van der Waals surface area contributed by atoms with Crippen molar-refractivity contribution in [1.82, 2.24) is 0 Å². The first kappa shape index (κ1) is 11.4. The first-order valence-corrected chi connectivity index (χ1v) is 7.01. The monoisotopic (exact) mass is 258 g/mol. The summed E-state index contributed by atoms with van der Waals surface area (Å²) in [6, 6.07) is 21.7. The van der Waals surface area contributed by atoms with Gasteiger partial charge in [-0.05, 0) is 35.7 Å². The fraction of sp³-hybridized carbons (Fsp3) is 0.105. The average molecular weight is 258 g/mol. The van der Waals surface area contributed by atoms with E-state index >= 15 is 0 Å². The minimum Gasteiger partial charge on any atom is -0.194 e. The van der Waals surface area contributed by atoms with Crippen molar-refractivity contribution in [3.8, 4) is 22.4 Å². The van der Waals surface area contributed by atoms with Crippen LogP contribution in [0.4, 0.5) is 0 Å². The smallest absolute Gasteiger partial charge is 0.194 e. The quantitative estimate of drug-likeness (QED) is 0.455. The Hall–Kier alpha value is -2.41. The fourth-order valence-corrected chi connectivity index (χ4v) is 3.08. The summed E-state index contributed by atoms with van der Waals surface area (Å²) in [6.07, 6.45) is 2.16. The zero-order chi connectivity index (χ0) is 13.5. The van der Waals surface area contributed by atoms with Crippen molar-refractivity contribution in [2.45, 2.75) is 13.5 Å². The number of nitrogens with zero attached hydrogens (tertiary/aromatic N) is 1. The van der Waals surface area contributed by atoms with Gasteiger partial charge < -0.3 is 0 Å². The van der Waals surface area contributed by atoms with Crippen molar-refractivity contribution in [3.05, 3.63) is 78.0 Å². The Morgan fingerprint density at radius 1 is 0.850 bits per heavy atom. The Kier molecular flexibility index (Phi) is 2.46. The Morgan fingerprint density at radius 3 is 2.50 bits per heavy atom. The van der Waals surface area contributed by atoms with Gasteiger partial charge in [0.1, 0.15) is 0 Å². The Morgan fingerprint density at radius 2 is 1.65 bits per heavy atom. The van der Waals surface area contributed by atoms with Gasteiger partial charge in [-0.3, -0.25) is 0 Å². The van der Waals surface area contributed by atoms with Gasteiger partial charge in [-0.2, -0.15) is 4.57 Å². The van der Waals surface area contributed by atoms with Gasteiger partial charge in [-0.25, -0.2) is 0 Å². The van der Waals surface area contributed by atoms with Gasteiger partial charge in [-0.15, -0.1) is 0 Å². The van der Waals surface area contributed by atoms with Crippen LogP contribution in [0.25, 0.3) is 22.4 Å². The molecule has 1 aromatic heterocycles. The molecule has 1 heteroatoms. The van der Waals surface area contributed by atoms with E-state index in [-0.39, 0.29) is 0 Å². The summed E-state index contributed by atoms with van der Waals surface area (Å²) in [4.78, 5) is 0. The normalized spacial score (nSPS) is 12.1. The van der Waals surface area contributed by atoms with Crippen LogP contribution in [0, 0.1) is 6.92 Å². The molecule has 20 heavy (non-hydrogen) atoms. The molecule has 4 rings (SSSR count). The number of fused-ring (bicyclic) bond motifs is 3. The lowest BCUT2D eigenvalue weighted by molar-refractivity contribution is -0.672.